The molecule has 5 nitrogen and oxygen atoms in total. The summed E-state index contributed by atoms with van der Waals surface area (Å²) < 4.78 is 23.6. The average molecular weight is 421 g/mol. The van der Waals surface area contributed by atoms with E-state index in [4.69, 9.17) is 18.6 Å². The van der Waals surface area contributed by atoms with E-state index in [9.17, 15) is 4.79 Å². The highest BCUT2D eigenvalue weighted by atomic mass is 16.5. The van der Waals surface area contributed by atoms with Gasteiger partial charge < -0.3 is 18.6 Å². The van der Waals surface area contributed by atoms with Crippen LogP contribution in [0.25, 0.3) is 22.1 Å². The van der Waals surface area contributed by atoms with Crippen LogP contribution in [0.5, 0.6) is 17.2 Å². The van der Waals surface area contributed by atoms with Crippen molar-refractivity contribution >= 4 is 11.0 Å². The largest absolute Gasteiger partial charge is 0.490 e. The topological polar surface area (TPSA) is 57.9 Å². The number of hydrogen-bond donors (Lipinski definition) is 0. The van der Waals surface area contributed by atoms with Crippen LogP contribution in [0.3, 0.4) is 0 Å². The van der Waals surface area contributed by atoms with Crippen molar-refractivity contribution in [3.63, 3.8) is 0 Å². The van der Waals surface area contributed by atoms with Crippen molar-refractivity contribution in [3.05, 3.63) is 64.0 Å². The molecule has 5 heteroatoms. The molecule has 31 heavy (non-hydrogen) atoms. The van der Waals surface area contributed by atoms with E-state index in [1.807, 2.05) is 44.2 Å². The Bertz CT molecular complexity index is 1190. The van der Waals surface area contributed by atoms with Crippen LogP contribution in [0, 0.1) is 6.92 Å². The fourth-order valence-corrected chi connectivity index (χ4v) is 3.83. The molecule has 0 bridgehead atoms. The van der Waals surface area contributed by atoms with Gasteiger partial charge in [-0.3, -0.25) is 4.79 Å². The Morgan fingerprint density at radius 3 is 2.65 bits per heavy atom. The van der Waals surface area contributed by atoms with Gasteiger partial charge >= 0.3 is 0 Å². The van der Waals surface area contributed by atoms with Crippen molar-refractivity contribution in [1.82, 2.24) is 0 Å². The van der Waals surface area contributed by atoms with Crippen LogP contribution < -0.4 is 19.6 Å². The summed E-state index contributed by atoms with van der Waals surface area (Å²) in [4.78, 5) is 13.5. The minimum atomic E-state index is -0.0583. The molecule has 0 atom stereocenters. The van der Waals surface area contributed by atoms with Crippen molar-refractivity contribution in [1.29, 1.82) is 0 Å². The molecule has 0 spiro atoms. The Hall–Kier alpha value is -3.21. The van der Waals surface area contributed by atoms with Crippen LogP contribution >= 0.6 is 0 Å². The third-order valence-corrected chi connectivity index (χ3v) is 5.28. The summed E-state index contributed by atoms with van der Waals surface area (Å²) in [5.41, 5.74) is 3.70. The number of aryl methyl sites for hydroxylation is 2. The molecule has 0 saturated carbocycles. The third-order valence-electron chi connectivity index (χ3n) is 5.28. The molecule has 0 amide bonds. The molecule has 1 aliphatic rings. The first-order chi connectivity index (χ1) is 15.0. The van der Waals surface area contributed by atoms with E-state index in [1.165, 1.54) is 0 Å². The fourth-order valence-electron chi connectivity index (χ4n) is 3.83. The number of ether oxygens (including phenoxy) is 3. The molecule has 0 unspecified atom stereocenters. The second-order valence-electron chi connectivity index (χ2n) is 8.03. The number of fused-ring (bicyclic) bond motifs is 2. The van der Waals surface area contributed by atoms with Crippen LogP contribution in [0.1, 0.15) is 38.0 Å². The first-order valence-corrected chi connectivity index (χ1v) is 10.8. The lowest BCUT2D eigenvalue weighted by molar-refractivity contribution is 0.297. The molecule has 0 saturated heterocycles. The van der Waals surface area contributed by atoms with Gasteiger partial charge in [-0.2, -0.15) is 0 Å². The van der Waals surface area contributed by atoms with Crippen molar-refractivity contribution < 1.29 is 18.6 Å². The van der Waals surface area contributed by atoms with E-state index in [0.29, 0.717) is 53.6 Å². The van der Waals surface area contributed by atoms with Crippen LogP contribution in [0.4, 0.5) is 0 Å². The fraction of sp³-hybridized carbons (Fsp3) is 0.346. The Kier molecular flexibility index (Phi) is 6.03. The zero-order valence-corrected chi connectivity index (χ0v) is 18.4. The van der Waals surface area contributed by atoms with Crippen molar-refractivity contribution in [2.75, 3.05) is 19.8 Å². The van der Waals surface area contributed by atoms with Crippen molar-refractivity contribution in [2.45, 2.75) is 40.0 Å². The lowest BCUT2D eigenvalue weighted by Gasteiger charge is -2.14. The summed E-state index contributed by atoms with van der Waals surface area (Å²) in [6, 6.07) is 9.34. The average Bonchev–Trinajstić information content (AvgIpc) is 2.98. The highest BCUT2D eigenvalue weighted by Crippen LogP contribution is 2.35. The maximum absolute atomic E-state index is 13.5. The monoisotopic (exact) mass is 420 g/mol. The van der Waals surface area contributed by atoms with Gasteiger partial charge in [0.05, 0.1) is 24.2 Å². The maximum atomic E-state index is 13.5. The Balaban J connectivity index is 1.84. The predicted octanol–water partition coefficient (Wildman–Crippen LogP) is 5.84. The van der Waals surface area contributed by atoms with E-state index in [0.717, 1.165) is 41.7 Å². The molecule has 1 aromatic heterocycles. The summed E-state index contributed by atoms with van der Waals surface area (Å²) in [6.45, 7) is 11.4. The molecule has 2 heterocycles. The highest BCUT2D eigenvalue weighted by molar-refractivity contribution is 5.85. The van der Waals surface area contributed by atoms with Gasteiger partial charge in [0.1, 0.15) is 23.7 Å². The SMILES string of the molecule is C=C(C)COc1cc2oc(C)c(-c3ccc4c(c3)OCCCO4)c(=O)c2cc1CCC. The van der Waals surface area contributed by atoms with Crippen LogP contribution in [0.2, 0.25) is 0 Å². The van der Waals surface area contributed by atoms with Crippen molar-refractivity contribution in [2.24, 2.45) is 0 Å². The zero-order valence-electron chi connectivity index (χ0n) is 18.4. The quantitative estimate of drug-likeness (QED) is 0.469. The van der Waals surface area contributed by atoms with Gasteiger partial charge in [-0.05, 0) is 55.2 Å². The summed E-state index contributed by atoms with van der Waals surface area (Å²) in [7, 11) is 0. The molecule has 0 radical (unpaired) electrons. The number of rotatable bonds is 6. The van der Waals surface area contributed by atoms with E-state index < -0.39 is 0 Å². The molecule has 4 rings (SSSR count). The predicted molar refractivity (Wildman–Crippen MR) is 123 cm³/mol. The third kappa shape index (κ3) is 4.31. The number of benzene rings is 2. The molecular weight excluding hydrogens is 392 g/mol. The minimum Gasteiger partial charge on any atom is -0.490 e. The van der Waals surface area contributed by atoms with E-state index >= 15 is 0 Å². The lowest BCUT2D eigenvalue weighted by Crippen LogP contribution is -2.09. The normalized spacial score (nSPS) is 13.1. The van der Waals surface area contributed by atoms with E-state index in [1.54, 1.807) is 0 Å². The molecule has 0 fully saturated rings. The van der Waals surface area contributed by atoms with Gasteiger partial charge in [0.25, 0.3) is 0 Å². The second-order valence-corrected chi connectivity index (χ2v) is 8.03. The van der Waals surface area contributed by atoms with Gasteiger partial charge in [0, 0.05) is 12.5 Å². The maximum Gasteiger partial charge on any atom is 0.200 e. The van der Waals surface area contributed by atoms with Gasteiger partial charge in [-0.1, -0.05) is 26.0 Å². The highest BCUT2D eigenvalue weighted by Gasteiger charge is 2.19. The summed E-state index contributed by atoms with van der Waals surface area (Å²) in [5.74, 6) is 2.65. The molecule has 162 valence electrons. The Morgan fingerprint density at radius 1 is 1.13 bits per heavy atom. The smallest absolute Gasteiger partial charge is 0.200 e. The van der Waals surface area contributed by atoms with E-state index in [-0.39, 0.29) is 5.43 Å². The second kappa shape index (κ2) is 8.88. The van der Waals surface area contributed by atoms with E-state index in [2.05, 4.69) is 13.5 Å². The van der Waals surface area contributed by atoms with Gasteiger partial charge in [-0.25, -0.2) is 0 Å². The lowest BCUT2D eigenvalue weighted by atomic mass is 10.00. The number of hydrogen-bond acceptors (Lipinski definition) is 5. The molecule has 3 aromatic rings. The van der Waals surface area contributed by atoms with Gasteiger partial charge in [0.2, 0.25) is 5.43 Å². The minimum absolute atomic E-state index is 0.0583. The Morgan fingerprint density at radius 2 is 1.90 bits per heavy atom. The first-order valence-electron chi connectivity index (χ1n) is 10.8. The van der Waals surface area contributed by atoms with Crippen LogP contribution in [-0.4, -0.2) is 19.8 Å². The van der Waals surface area contributed by atoms with Crippen LogP contribution in [-0.2, 0) is 6.42 Å². The summed E-state index contributed by atoms with van der Waals surface area (Å²) in [5, 5.41) is 0.554. The first kappa shape index (κ1) is 21.0. The molecule has 2 aromatic carbocycles. The standard InChI is InChI=1S/C26H28O5/c1-5-7-18-12-20-23(14-22(18)30-15-16(2)3)31-17(4)25(26(20)27)19-8-9-21-24(13-19)29-11-6-10-28-21/h8-9,12-14H,2,5-7,10-11,15H2,1,3-4H3. The Labute approximate surface area is 182 Å². The van der Waals surface area contributed by atoms with Gasteiger partial charge in [0.15, 0.2) is 11.5 Å². The molecular formula is C26H28O5. The molecule has 1 aliphatic heterocycles. The van der Waals surface area contributed by atoms with Crippen LogP contribution in [0.15, 0.2) is 51.7 Å². The van der Waals surface area contributed by atoms with Crippen molar-refractivity contribution in [3.8, 4) is 28.4 Å². The zero-order chi connectivity index (χ0) is 22.0. The summed E-state index contributed by atoms with van der Waals surface area (Å²) >= 11 is 0. The summed E-state index contributed by atoms with van der Waals surface area (Å²) in [6.07, 6.45) is 2.59. The van der Waals surface area contributed by atoms with Gasteiger partial charge in [-0.15, -0.1) is 0 Å². The molecule has 0 N–H and O–H groups in total. The molecule has 0 aliphatic carbocycles.